The number of nitrogens with one attached hydrogen (secondary N) is 1. The summed E-state index contributed by atoms with van der Waals surface area (Å²) in [5, 5.41) is 13.9. The highest BCUT2D eigenvalue weighted by molar-refractivity contribution is 5.95. The molecule has 9 heteroatoms. The van der Waals surface area contributed by atoms with E-state index in [1.807, 2.05) is 31.2 Å². The predicted octanol–water partition coefficient (Wildman–Crippen LogP) is 3.06. The number of fused-ring (bicyclic) bond motifs is 2. The van der Waals surface area contributed by atoms with Crippen LogP contribution in [0.2, 0.25) is 0 Å². The standard InChI is InChI=1S/C31H36N6O3/c1-3-39-31(38)29-15-33-11-12-37(29)25-8-6-23-17-35(18-24(23)13-25)19-26-20-36(16-21(2)40-26)28-9-7-22(14-32)30-27(28)5-4-10-34-30/h4-10,13,21,26,29,33H,3,11-12,15-20H2,1-2H3/t21-,26+,29?/m1/s1. The molecular formula is C31H36N6O3. The summed E-state index contributed by atoms with van der Waals surface area (Å²) in [6, 6.07) is 16.5. The van der Waals surface area contributed by atoms with Gasteiger partial charge in [-0.05, 0) is 61.4 Å². The zero-order valence-electron chi connectivity index (χ0n) is 23.2. The molecule has 4 heterocycles. The van der Waals surface area contributed by atoms with Gasteiger partial charge in [-0.25, -0.2) is 4.79 Å². The van der Waals surface area contributed by atoms with Gasteiger partial charge in [-0.3, -0.25) is 9.88 Å². The summed E-state index contributed by atoms with van der Waals surface area (Å²) >= 11 is 0. The van der Waals surface area contributed by atoms with Crippen LogP contribution < -0.4 is 15.1 Å². The molecule has 2 saturated heterocycles. The second-order valence-corrected chi connectivity index (χ2v) is 10.9. The molecule has 208 valence electrons. The molecule has 3 aromatic rings. The monoisotopic (exact) mass is 540 g/mol. The smallest absolute Gasteiger partial charge is 0.330 e. The average Bonchev–Trinajstić information content (AvgIpc) is 3.37. The fourth-order valence-electron chi connectivity index (χ4n) is 6.38. The molecule has 3 atom stereocenters. The maximum Gasteiger partial charge on any atom is 0.330 e. The summed E-state index contributed by atoms with van der Waals surface area (Å²) in [7, 11) is 0. The zero-order chi connectivity index (χ0) is 27.6. The Morgan fingerprint density at radius 3 is 2.92 bits per heavy atom. The van der Waals surface area contributed by atoms with Crippen molar-refractivity contribution in [3.8, 4) is 6.07 Å². The van der Waals surface area contributed by atoms with Crippen LogP contribution in [0, 0.1) is 11.3 Å². The molecule has 0 amide bonds. The number of pyridine rings is 1. The predicted molar refractivity (Wildman–Crippen MR) is 154 cm³/mol. The van der Waals surface area contributed by atoms with Gasteiger partial charge in [-0.1, -0.05) is 6.07 Å². The zero-order valence-corrected chi connectivity index (χ0v) is 23.2. The van der Waals surface area contributed by atoms with Crippen LogP contribution in [0.5, 0.6) is 0 Å². The van der Waals surface area contributed by atoms with E-state index in [9.17, 15) is 10.1 Å². The van der Waals surface area contributed by atoms with Crippen molar-refractivity contribution in [2.24, 2.45) is 0 Å². The molecule has 6 rings (SSSR count). The number of benzene rings is 2. The molecule has 3 aliphatic heterocycles. The van der Waals surface area contributed by atoms with Crippen molar-refractivity contribution in [2.75, 3.05) is 55.7 Å². The summed E-state index contributed by atoms with van der Waals surface area (Å²) < 4.78 is 11.8. The molecule has 1 unspecified atom stereocenters. The Balaban J connectivity index is 1.15. The average molecular weight is 541 g/mol. The fourth-order valence-corrected chi connectivity index (χ4v) is 6.38. The van der Waals surface area contributed by atoms with Crippen molar-refractivity contribution in [1.82, 2.24) is 15.2 Å². The molecule has 1 N–H and O–H groups in total. The number of morpholine rings is 1. The molecule has 0 bridgehead atoms. The Morgan fingerprint density at radius 1 is 1.20 bits per heavy atom. The third-order valence-electron chi connectivity index (χ3n) is 8.11. The SMILES string of the molecule is CCOC(=O)C1CNCCN1c1ccc2c(c1)CN(C[C@H]1CN(c3ccc(C#N)c4ncccc34)C[C@@H](C)O1)C2. The van der Waals surface area contributed by atoms with Gasteiger partial charge in [-0.2, -0.15) is 5.26 Å². The van der Waals surface area contributed by atoms with Gasteiger partial charge in [0.1, 0.15) is 12.1 Å². The van der Waals surface area contributed by atoms with Crippen molar-refractivity contribution < 1.29 is 14.3 Å². The lowest BCUT2D eigenvalue weighted by Gasteiger charge is -2.40. The van der Waals surface area contributed by atoms with Crippen molar-refractivity contribution in [3.05, 3.63) is 65.4 Å². The van der Waals surface area contributed by atoms with Gasteiger partial charge in [0, 0.05) is 75.3 Å². The maximum absolute atomic E-state index is 12.6. The van der Waals surface area contributed by atoms with Crippen LogP contribution in [0.15, 0.2) is 48.7 Å². The normalized spacial score (nSPS) is 23.2. The number of hydrogen-bond donors (Lipinski definition) is 1. The molecule has 0 radical (unpaired) electrons. The van der Waals surface area contributed by atoms with Gasteiger partial charge in [0.15, 0.2) is 0 Å². The molecular weight excluding hydrogens is 504 g/mol. The summed E-state index contributed by atoms with van der Waals surface area (Å²) in [6.07, 6.45) is 1.89. The van der Waals surface area contributed by atoms with Gasteiger partial charge in [0.2, 0.25) is 0 Å². The Kier molecular flexibility index (Phi) is 7.57. The Morgan fingerprint density at radius 2 is 2.08 bits per heavy atom. The Labute approximate surface area is 235 Å². The molecule has 2 aromatic carbocycles. The highest BCUT2D eigenvalue weighted by Gasteiger charge is 2.33. The summed E-state index contributed by atoms with van der Waals surface area (Å²) in [5.41, 5.74) is 6.17. The van der Waals surface area contributed by atoms with Gasteiger partial charge in [-0.15, -0.1) is 0 Å². The van der Waals surface area contributed by atoms with Crippen LogP contribution in [0.3, 0.4) is 0 Å². The number of nitrogens with zero attached hydrogens (tertiary/aromatic N) is 5. The summed E-state index contributed by atoms with van der Waals surface area (Å²) in [5.74, 6) is -0.171. The molecule has 0 saturated carbocycles. The van der Waals surface area contributed by atoms with E-state index < -0.39 is 0 Å². The topological polar surface area (TPSA) is 94.0 Å². The number of anilines is 2. The van der Waals surface area contributed by atoms with Crippen molar-refractivity contribution in [1.29, 1.82) is 5.26 Å². The van der Waals surface area contributed by atoms with Crippen molar-refractivity contribution >= 4 is 28.2 Å². The maximum atomic E-state index is 12.6. The van der Waals surface area contributed by atoms with Gasteiger partial charge < -0.3 is 24.6 Å². The number of nitriles is 1. The number of piperazine rings is 1. The van der Waals surface area contributed by atoms with Crippen LogP contribution >= 0.6 is 0 Å². The van der Waals surface area contributed by atoms with Crippen LogP contribution in [-0.2, 0) is 27.4 Å². The van der Waals surface area contributed by atoms with Crippen molar-refractivity contribution in [3.63, 3.8) is 0 Å². The van der Waals surface area contributed by atoms with E-state index in [0.29, 0.717) is 18.7 Å². The number of esters is 1. The van der Waals surface area contributed by atoms with Gasteiger partial charge in [0.05, 0.1) is 29.9 Å². The number of carbonyl (C=O) groups excluding carboxylic acids is 1. The van der Waals surface area contributed by atoms with E-state index in [4.69, 9.17) is 9.47 Å². The van der Waals surface area contributed by atoms with E-state index in [1.165, 1.54) is 11.1 Å². The number of rotatable bonds is 6. The van der Waals surface area contributed by atoms with Crippen LogP contribution in [0.4, 0.5) is 11.4 Å². The summed E-state index contributed by atoms with van der Waals surface area (Å²) in [4.78, 5) is 24.1. The first kappa shape index (κ1) is 26.5. The molecule has 9 nitrogen and oxygen atoms in total. The number of ether oxygens (including phenoxy) is 2. The lowest BCUT2D eigenvalue weighted by Crippen LogP contribution is -2.55. The van der Waals surface area contributed by atoms with Crippen LogP contribution in [0.25, 0.3) is 10.9 Å². The third-order valence-corrected chi connectivity index (χ3v) is 8.11. The Bertz CT molecular complexity index is 1440. The molecule has 0 aliphatic carbocycles. The second-order valence-electron chi connectivity index (χ2n) is 10.9. The van der Waals surface area contributed by atoms with Crippen molar-refractivity contribution in [2.45, 2.75) is 45.2 Å². The first-order valence-corrected chi connectivity index (χ1v) is 14.2. The number of hydrogen-bond acceptors (Lipinski definition) is 9. The highest BCUT2D eigenvalue weighted by Crippen LogP contribution is 2.32. The van der Waals surface area contributed by atoms with Gasteiger partial charge in [0.25, 0.3) is 0 Å². The fraction of sp³-hybridized carbons (Fsp3) is 0.452. The highest BCUT2D eigenvalue weighted by atomic mass is 16.5. The van der Waals surface area contributed by atoms with Crippen LogP contribution in [-0.4, -0.2) is 80.0 Å². The van der Waals surface area contributed by atoms with Crippen LogP contribution in [0.1, 0.15) is 30.5 Å². The minimum Gasteiger partial charge on any atom is -0.464 e. The lowest BCUT2D eigenvalue weighted by molar-refractivity contribution is -0.144. The number of aromatic nitrogens is 1. The van der Waals surface area contributed by atoms with E-state index in [2.05, 4.69) is 56.2 Å². The third kappa shape index (κ3) is 5.22. The molecule has 0 spiro atoms. The molecule has 2 fully saturated rings. The largest absolute Gasteiger partial charge is 0.464 e. The Hall–Kier alpha value is -3.71. The molecule has 40 heavy (non-hydrogen) atoms. The lowest BCUT2D eigenvalue weighted by atomic mass is 10.1. The van der Waals surface area contributed by atoms with E-state index >= 15 is 0 Å². The number of carbonyl (C=O) groups is 1. The minimum atomic E-state index is -0.305. The van der Waals surface area contributed by atoms with E-state index in [-0.39, 0.29) is 24.2 Å². The minimum absolute atomic E-state index is 0.0567. The van der Waals surface area contributed by atoms with Gasteiger partial charge >= 0.3 is 5.97 Å². The molecule has 3 aliphatic rings. The second kappa shape index (κ2) is 11.4. The molecule has 1 aromatic heterocycles. The first-order chi connectivity index (χ1) is 19.5. The quantitative estimate of drug-likeness (QED) is 0.474. The summed E-state index contributed by atoms with van der Waals surface area (Å²) in [6.45, 7) is 10.7. The van der Waals surface area contributed by atoms with E-state index in [1.54, 1.807) is 6.20 Å². The first-order valence-electron chi connectivity index (χ1n) is 14.2. The van der Waals surface area contributed by atoms with E-state index in [0.717, 1.165) is 68.1 Å².